The molecule has 2 rings (SSSR count). The highest BCUT2D eigenvalue weighted by Gasteiger charge is 2.17. The van der Waals surface area contributed by atoms with Gasteiger partial charge >= 0.3 is 0 Å². The van der Waals surface area contributed by atoms with Gasteiger partial charge in [0.1, 0.15) is 0 Å². The molecule has 0 saturated heterocycles. The molecule has 2 aromatic rings. The molecule has 0 aliphatic carbocycles. The Morgan fingerprint density at radius 2 is 1.79 bits per heavy atom. The van der Waals surface area contributed by atoms with E-state index >= 15 is 0 Å². The number of hydrogen-bond acceptors (Lipinski definition) is 4. The van der Waals surface area contributed by atoms with Gasteiger partial charge in [-0.25, -0.2) is 0 Å². The van der Waals surface area contributed by atoms with Crippen LogP contribution in [0.1, 0.15) is 41.6 Å². The fourth-order valence-electron chi connectivity index (χ4n) is 2.20. The van der Waals surface area contributed by atoms with Crippen molar-refractivity contribution in [3.8, 4) is 0 Å². The van der Waals surface area contributed by atoms with E-state index in [9.17, 15) is 0 Å². The summed E-state index contributed by atoms with van der Waals surface area (Å²) in [7, 11) is 2.00. The van der Waals surface area contributed by atoms with E-state index < -0.39 is 0 Å². The number of rotatable bonds is 6. The number of nitrogens with one attached hydrogen (secondary N) is 1. The van der Waals surface area contributed by atoms with E-state index in [2.05, 4.69) is 53.0 Å². The SMILES string of the molecule is CCc1ccc(CC(NC)c2snnc2CC)cc1. The normalized spacial score (nSPS) is 12.6. The van der Waals surface area contributed by atoms with Crippen molar-refractivity contribution >= 4 is 11.5 Å². The van der Waals surface area contributed by atoms with Gasteiger partial charge in [-0.2, -0.15) is 0 Å². The molecule has 0 aliphatic heterocycles. The molecule has 1 unspecified atom stereocenters. The molecule has 0 radical (unpaired) electrons. The van der Waals surface area contributed by atoms with Gasteiger partial charge in [0.15, 0.2) is 0 Å². The van der Waals surface area contributed by atoms with E-state index in [0.29, 0.717) is 6.04 Å². The van der Waals surface area contributed by atoms with Crippen LogP contribution in [0.15, 0.2) is 24.3 Å². The van der Waals surface area contributed by atoms with Crippen LogP contribution in [-0.2, 0) is 19.3 Å². The van der Waals surface area contributed by atoms with Crippen LogP contribution < -0.4 is 5.32 Å². The lowest BCUT2D eigenvalue weighted by atomic mass is 10.0. The Kier molecular flexibility index (Phi) is 5.05. The molecule has 19 heavy (non-hydrogen) atoms. The van der Waals surface area contributed by atoms with Crippen molar-refractivity contribution in [3.05, 3.63) is 46.0 Å². The number of nitrogens with zero attached hydrogens (tertiary/aromatic N) is 2. The largest absolute Gasteiger partial charge is 0.312 e. The van der Waals surface area contributed by atoms with Gasteiger partial charge in [0.25, 0.3) is 0 Å². The van der Waals surface area contributed by atoms with E-state index in [1.165, 1.54) is 27.5 Å². The van der Waals surface area contributed by atoms with Gasteiger partial charge in [-0.3, -0.25) is 0 Å². The fourth-order valence-corrected chi connectivity index (χ4v) is 3.04. The molecule has 4 heteroatoms. The smallest absolute Gasteiger partial charge is 0.0801 e. The number of aryl methyl sites for hydroxylation is 2. The first-order chi connectivity index (χ1) is 9.28. The first-order valence-electron chi connectivity index (χ1n) is 6.84. The zero-order valence-electron chi connectivity index (χ0n) is 11.8. The Hall–Kier alpha value is -1.26. The van der Waals surface area contributed by atoms with Crippen LogP contribution in [0, 0.1) is 0 Å². The maximum absolute atomic E-state index is 4.20. The average molecular weight is 275 g/mol. The van der Waals surface area contributed by atoms with E-state index in [4.69, 9.17) is 0 Å². The van der Waals surface area contributed by atoms with Gasteiger partial charge in [-0.1, -0.05) is 42.6 Å². The standard InChI is InChI=1S/C15H21N3S/c1-4-11-6-8-12(9-7-11)10-14(16-3)15-13(5-2)17-18-19-15/h6-9,14,16H,4-5,10H2,1-3H3. The number of likely N-dealkylation sites (N-methyl/N-ethyl adjacent to an activating group) is 1. The Bertz CT molecular complexity index is 504. The maximum atomic E-state index is 4.20. The Labute approximate surface area is 119 Å². The summed E-state index contributed by atoms with van der Waals surface area (Å²) in [6.45, 7) is 4.31. The number of aromatic nitrogens is 2. The van der Waals surface area contributed by atoms with Crippen LogP contribution in [0.4, 0.5) is 0 Å². The van der Waals surface area contributed by atoms with Gasteiger partial charge in [0, 0.05) is 6.04 Å². The number of benzene rings is 1. The minimum absolute atomic E-state index is 0.308. The Morgan fingerprint density at radius 1 is 1.11 bits per heavy atom. The van der Waals surface area contributed by atoms with Crippen molar-refractivity contribution in [2.45, 2.75) is 39.2 Å². The first kappa shape index (κ1) is 14.2. The molecule has 3 nitrogen and oxygen atoms in total. The van der Waals surface area contributed by atoms with Gasteiger partial charge < -0.3 is 5.32 Å². The molecular formula is C15H21N3S. The molecule has 1 aromatic heterocycles. The zero-order chi connectivity index (χ0) is 13.7. The van der Waals surface area contributed by atoms with Crippen LogP contribution in [0.25, 0.3) is 0 Å². The van der Waals surface area contributed by atoms with Gasteiger partial charge in [-0.05, 0) is 49.0 Å². The minimum atomic E-state index is 0.308. The molecule has 0 amide bonds. The van der Waals surface area contributed by atoms with Crippen molar-refractivity contribution in [1.82, 2.24) is 14.9 Å². The summed E-state index contributed by atoms with van der Waals surface area (Å²) in [6.07, 6.45) is 3.02. The van der Waals surface area contributed by atoms with Crippen molar-refractivity contribution in [2.75, 3.05) is 7.05 Å². The summed E-state index contributed by atoms with van der Waals surface area (Å²) >= 11 is 1.51. The predicted molar refractivity (Wildman–Crippen MR) is 80.6 cm³/mol. The molecule has 102 valence electrons. The third-order valence-electron chi connectivity index (χ3n) is 3.46. The fraction of sp³-hybridized carbons (Fsp3) is 0.467. The minimum Gasteiger partial charge on any atom is -0.312 e. The monoisotopic (exact) mass is 275 g/mol. The van der Waals surface area contributed by atoms with E-state index in [0.717, 1.165) is 25.0 Å². The molecule has 0 saturated carbocycles. The van der Waals surface area contributed by atoms with Crippen molar-refractivity contribution in [2.24, 2.45) is 0 Å². The van der Waals surface area contributed by atoms with Crippen molar-refractivity contribution < 1.29 is 0 Å². The van der Waals surface area contributed by atoms with Crippen molar-refractivity contribution in [1.29, 1.82) is 0 Å². The molecular weight excluding hydrogens is 254 g/mol. The summed E-state index contributed by atoms with van der Waals surface area (Å²) in [6, 6.07) is 9.19. The van der Waals surface area contributed by atoms with E-state index in [-0.39, 0.29) is 0 Å². The second kappa shape index (κ2) is 6.78. The average Bonchev–Trinajstić information content (AvgIpc) is 2.93. The molecule has 0 spiro atoms. The Balaban J connectivity index is 2.14. The summed E-state index contributed by atoms with van der Waals surface area (Å²) < 4.78 is 4.08. The maximum Gasteiger partial charge on any atom is 0.0801 e. The summed E-state index contributed by atoms with van der Waals surface area (Å²) in [5, 5.41) is 7.59. The van der Waals surface area contributed by atoms with Crippen molar-refractivity contribution in [3.63, 3.8) is 0 Å². The highest BCUT2D eigenvalue weighted by atomic mass is 32.1. The lowest BCUT2D eigenvalue weighted by Crippen LogP contribution is -2.19. The predicted octanol–water partition coefficient (Wildman–Crippen LogP) is 3.17. The molecule has 0 bridgehead atoms. The van der Waals surface area contributed by atoms with Gasteiger partial charge in [0.2, 0.25) is 0 Å². The van der Waals surface area contributed by atoms with Gasteiger partial charge in [-0.15, -0.1) is 5.10 Å². The molecule has 1 aromatic carbocycles. The van der Waals surface area contributed by atoms with Crippen LogP contribution in [0.5, 0.6) is 0 Å². The molecule has 1 heterocycles. The molecule has 1 atom stereocenters. The topological polar surface area (TPSA) is 37.8 Å². The third kappa shape index (κ3) is 3.39. The molecule has 0 fully saturated rings. The third-order valence-corrected chi connectivity index (χ3v) is 4.34. The second-order valence-corrected chi connectivity index (χ2v) is 5.44. The molecule has 1 N–H and O–H groups in total. The summed E-state index contributed by atoms with van der Waals surface area (Å²) in [4.78, 5) is 1.27. The van der Waals surface area contributed by atoms with Gasteiger partial charge in [0.05, 0.1) is 10.6 Å². The van der Waals surface area contributed by atoms with Crippen LogP contribution >= 0.6 is 11.5 Å². The first-order valence-corrected chi connectivity index (χ1v) is 7.62. The highest BCUT2D eigenvalue weighted by molar-refractivity contribution is 7.05. The quantitative estimate of drug-likeness (QED) is 0.880. The van der Waals surface area contributed by atoms with E-state index in [1.807, 2.05) is 7.05 Å². The summed E-state index contributed by atoms with van der Waals surface area (Å²) in [5.41, 5.74) is 3.86. The lowest BCUT2D eigenvalue weighted by molar-refractivity contribution is 0.595. The lowest BCUT2D eigenvalue weighted by Gasteiger charge is -2.15. The van der Waals surface area contributed by atoms with Crippen LogP contribution in [0.2, 0.25) is 0 Å². The second-order valence-electron chi connectivity index (χ2n) is 4.65. The van der Waals surface area contributed by atoms with E-state index in [1.54, 1.807) is 0 Å². The zero-order valence-corrected chi connectivity index (χ0v) is 12.6. The Morgan fingerprint density at radius 3 is 2.37 bits per heavy atom. The van der Waals surface area contributed by atoms with Crippen LogP contribution in [-0.4, -0.2) is 16.6 Å². The molecule has 0 aliphatic rings. The highest BCUT2D eigenvalue weighted by Crippen LogP contribution is 2.24. The number of hydrogen-bond donors (Lipinski definition) is 1. The summed E-state index contributed by atoms with van der Waals surface area (Å²) in [5.74, 6) is 0. The van der Waals surface area contributed by atoms with Crippen LogP contribution in [0.3, 0.4) is 0 Å².